The molecule has 1 rings (SSSR count). The average molecular weight is 111 g/mol. The molecule has 8 heavy (non-hydrogen) atoms. The van der Waals surface area contributed by atoms with Crippen LogP contribution in [0.5, 0.6) is 0 Å². The highest BCUT2D eigenvalue weighted by molar-refractivity contribution is 5.24. The van der Waals surface area contributed by atoms with E-state index in [0.29, 0.717) is 0 Å². The van der Waals surface area contributed by atoms with Crippen LogP contribution in [0.3, 0.4) is 0 Å². The first-order valence-corrected chi connectivity index (χ1v) is 3.11. The van der Waals surface area contributed by atoms with Crippen molar-refractivity contribution in [2.75, 3.05) is 0 Å². The molecule has 0 aromatic heterocycles. The third kappa shape index (κ3) is 0.781. The van der Waals surface area contributed by atoms with Crippen molar-refractivity contribution < 1.29 is 0 Å². The summed E-state index contributed by atoms with van der Waals surface area (Å²) in [4.78, 5) is 0. The molecule has 1 heteroatoms. The van der Waals surface area contributed by atoms with Gasteiger partial charge in [-0.05, 0) is 26.7 Å². The lowest BCUT2D eigenvalue weighted by Gasteiger charge is -2.06. The van der Waals surface area contributed by atoms with Gasteiger partial charge in [-0.1, -0.05) is 11.6 Å². The lowest BCUT2D eigenvalue weighted by atomic mass is 10.1. The molecule has 0 saturated heterocycles. The second-order valence-electron chi connectivity index (χ2n) is 2.63. The zero-order valence-electron chi connectivity index (χ0n) is 5.57. The van der Waals surface area contributed by atoms with E-state index in [2.05, 4.69) is 13.0 Å². The summed E-state index contributed by atoms with van der Waals surface area (Å²) in [5.74, 6) is 0. The quantitative estimate of drug-likeness (QED) is 0.509. The van der Waals surface area contributed by atoms with Gasteiger partial charge < -0.3 is 5.73 Å². The van der Waals surface area contributed by atoms with Crippen molar-refractivity contribution in [3.63, 3.8) is 0 Å². The lowest BCUT2D eigenvalue weighted by molar-refractivity contribution is 0.791. The molecule has 0 amide bonds. The van der Waals surface area contributed by atoms with Crippen LogP contribution in [0, 0.1) is 0 Å². The van der Waals surface area contributed by atoms with E-state index in [1.807, 2.05) is 6.92 Å². The molecule has 0 bridgehead atoms. The standard InChI is InChI=1S/C7H13N/c1-3-6(2)7(8)4-5-7/h3H,4-5,8H2,1-2H3/b6-3+. The summed E-state index contributed by atoms with van der Waals surface area (Å²) in [6.07, 6.45) is 4.47. The first-order chi connectivity index (χ1) is 3.69. The summed E-state index contributed by atoms with van der Waals surface area (Å²) in [5.41, 5.74) is 7.30. The second-order valence-corrected chi connectivity index (χ2v) is 2.63. The molecule has 1 aliphatic rings. The van der Waals surface area contributed by atoms with Crippen LogP contribution in [-0.4, -0.2) is 5.54 Å². The van der Waals surface area contributed by atoms with Crippen LogP contribution < -0.4 is 5.73 Å². The molecule has 1 saturated carbocycles. The highest BCUT2D eigenvalue weighted by atomic mass is 14.8. The van der Waals surface area contributed by atoms with Gasteiger partial charge in [-0.3, -0.25) is 0 Å². The molecule has 46 valence electrons. The zero-order valence-corrected chi connectivity index (χ0v) is 5.57. The van der Waals surface area contributed by atoms with E-state index in [1.54, 1.807) is 0 Å². The summed E-state index contributed by atoms with van der Waals surface area (Å²) in [5, 5.41) is 0. The third-order valence-electron chi connectivity index (χ3n) is 2.01. The predicted molar refractivity (Wildman–Crippen MR) is 35.6 cm³/mol. The first kappa shape index (κ1) is 5.83. The molecule has 0 aliphatic heterocycles. The fourth-order valence-electron chi connectivity index (χ4n) is 0.816. The summed E-state index contributed by atoms with van der Waals surface area (Å²) in [6.45, 7) is 4.15. The van der Waals surface area contributed by atoms with Crippen LogP contribution in [0.1, 0.15) is 26.7 Å². The Morgan fingerprint density at radius 2 is 2.12 bits per heavy atom. The van der Waals surface area contributed by atoms with E-state index < -0.39 is 0 Å². The Morgan fingerprint density at radius 1 is 1.62 bits per heavy atom. The van der Waals surface area contributed by atoms with Gasteiger partial charge in [0.1, 0.15) is 0 Å². The molecule has 0 heterocycles. The maximum absolute atomic E-state index is 5.83. The molecular weight excluding hydrogens is 98.1 g/mol. The van der Waals surface area contributed by atoms with Gasteiger partial charge in [-0.25, -0.2) is 0 Å². The van der Waals surface area contributed by atoms with Gasteiger partial charge in [-0.15, -0.1) is 0 Å². The Labute approximate surface area is 50.6 Å². The van der Waals surface area contributed by atoms with E-state index in [9.17, 15) is 0 Å². The Hall–Kier alpha value is -0.300. The van der Waals surface area contributed by atoms with Crippen molar-refractivity contribution in [1.29, 1.82) is 0 Å². The smallest absolute Gasteiger partial charge is 0.0367 e. The number of nitrogens with two attached hydrogens (primary N) is 1. The lowest BCUT2D eigenvalue weighted by Crippen LogP contribution is -2.22. The highest BCUT2D eigenvalue weighted by Gasteiger charge is 2.39. The molecule has 0 aromatic rings. The molecule has 0 unspecified atom stereocenters. The molecule has 2 N–H and O–H groups in total. The minimum atomic E-state index is 0.120. The molecule has 1 nitrogen and oxygen atoms in total. The minimum absolute atomic E-state index is 0.120. The number of hydrogen-bond donors (Lipinski definition) is 1. The van der Waals surface area contributed by atoms with E-state index in [0.717, 1.165) is 0 Å². The number of allylic oxidation sites excluding steroid dienone is 1. The average Bonchev–Trinajstić information content (AvgIpc) is 2.47. The maximum atomic E-state index is 5.83. The van der Waals surface area contributed by atoms with Crippen molar-refractivity contribution in [2.24, 2.45) is 5.73 Å². The molecule has 1 fully saturated rings. The fraction of sp³-hybridized carbons (Fsp3) is 0.714. The van der Waals surface area contributed by atoms with Crippen molar-refractivity contribution >= 4 is 0 Å². The molecule has 0 aromatic carbocycles. The summed E-state index contributed by atoms with van der Waals surface area (Å²) >= 11 is 0. The maximum Gasteiger partial charge on any atom is 0.0367 e. The summed E-state index contributed by atoms with van der Waals surface area (Å²) < 4.78 is 0. The molecule has 1 aliphatic carbocycles. The number of hydrogen-bond acceptors (Lipinski definition) is 1. The van der Waals surface area contributed by atoms with Gasteiger partial charge in [0.15, 0.2) is 0 Å². The predicted octanol–water partition coefficient (Wildman–Crippen LogP) is 1.44. The molecular formula is C7H13N. The van der Waals surface area contributed by atoms with Crippen molar-refractivity contribution in [3.05, 3.63) is 11.6 Å². The van der Waals surface area contributed by atoms with Gasteiger partial charge >= 0.3 is 0 Å². The van der Waals surface area contributed by atoms with Gasteiger partial charge in [-0.2, -0.15) is 0 Å². The SMILES string of the molecule is C/C=C(\C)C1(N)CC1. The second kappa shape index (κ2) is 1.59. The normalized spacial score (nSPS) is 25.6. The third-order valence-corrected chi connectivity index (χ3v) is 2.01. The van der Waals surface area contributed by atoms with Gasteiger partial charge in [0, 0.05) is 5.54 Å². The van der Waals surface area contributed by atoms with Crippen molar-refractivity contribution in [1.82, 2.24) is 0 Å². The van der Waals surface area contributed by atoms with Crippen LogP contribution in [0.4, 0.5) is 0 Å². The van der Waals surface area contributed by atoms with Crippen LogP contribution in [0.25, 0.3) is 0 Å². The van der Waals surface area contributed by atoms with E-state index >= 15 is 0 Å². The highest BCUT2D eigenvalue weighted by Crippen LogP contribution is 2.38. The van der Waals surface area contributed by atoms with Crippen molar-refractivity contribution in [3.8, 4) is 0 Å². The van der Waals surface area contributed by atoms with Crippen LogP contribution in [0.2, 0.25) is 0 Å². The molecule has 0 spiro atoms. The van der Waals surface area contributed by atoms with E-state index in [4.69, 9.17) is 5.73 Å². The van der Waals surface area contributed by atoms with E-state index in [-0.39, 0.29) is 5.54 Å². The minimum Gasteiger partial charge on any atom is -0.322 e. The first-order valence-electron chi connectivity index (χ1n) is 3.11. The van der Waals surface area contributed by atoms with Crippen LogP contribution >= 0.6 is 0 Å². The fourth-order valence-corrected chi connectivity index (χ4v) is 0.816. The Bertz CT molecular complexity index is 120. The monoisotopic (exact) mass is 111 g/mol. The Morgan fingerprint density at radius 3 is 2.25 bits per heavy atom. The van der Waals surface area contributed by atoms with Crippen LogP contribution in [0.15, 0.2) is 11.6 Å². The molecule has 0 atom stereocenters. The van der Waals surface area contributed by atoms with Crippen LogP contribution in [-0.2, 0) is 0 Å². The summed E-state index contributed by atoms with van der Waals surface area (Å²) in [7, 11) is 0. The number of rotatable bonds is 1. The van der Waals surface area contributed by atoms with Gasteiger partial charge in [0.25, 0.3) is 0 Å². The topological polar surface area (TPSA) is 26.0 Å². The van der Waals surface area contributed by atoms with Gasteiger partial charge in [0.05, 0.1) is 0 Å². The van der Waals surface area contributed by atoms with Gasteiger partial charge in [0.2, 0.25) is 0 Å². The van der Waals surface area contributed by atoms with Crippen molar-refractivity contribution in [2.45, 2.75) is 32.2 Å². The van der Waals surface area contributed by atoms with E-state index in [1.165, 1.54) is 18.4 Å². The largest absolute Gasteiger partial charge is 0.322 e. The zero-order chi connectivity index (χ0) is 6.20. The molecule has 0 radical (unpaired) electrons. The Balaban J connectivity index is 2.59. The Kier molecular flexibility index (Phi) is 1.16. The summed E-state index contributed by atoms with van der Waals surface area (Å²) in [6, 6.07) is 0.